The van der Waals surface area contributed by atoms with E-state index in [9.17, 15) is 9.18 Å². The van der Waals surface area contributed by atoms with E-state index in [-0.39, 0.29) is 11.7 Å². The Hall–Kier alpha value is -2.50. The van der Waals surface area contributed by atoms with Crippen molar-refractivity contribution in [1.82, 2.24) is 10.1 Å². The number of hydrogen-bond donors (Lipinski definition) is 0. The van der Waals surface area contributed by atoms with E-state index in [4.69, 9.17) is 9.26 Å². The fraction of sp³-hybridized carbons (Fsp3) is 0.214. The summed E-state index contributed by atoms with van der Waals surface area (Å²) < 4.78 is 22.7. The minimum atomic E-state index is -0.624. The summed E-state index contributed by atoms with van der Waals surface area (Å²) in [4.78, 5) is 15.6. The maximum Gasteiger partial charge on any atom is 0.331 e. The summed E-state index contributed by atoms with van der Waals surface area (Å²) in [6.07, 6.45) is 2.17. The molecule has 0 saturated carbocycles. The molecule has 1 atom stereocenters. The first kappa shape index (κ1) is 13.9. The van der Waals surface area contributed by atoms with Gasteiger partial charge < -0.3 is 9.26 Å². The van der Waals surface area contributed by atoms with E-state index in [1.807, 2.05) is 0 Å². The van der Waals surface area contributed by atoms with Crippen LogP contribution in [0.5, 0.6) is 0 Å². The number of nitrogens with zero attached hydrogens (tertiary/aromatic N) is 2. The third-order valence-electron chi connectivity index (χ3n) is 2.47. The van der Waals surface area contributed by atoms with Gasteiger partial charge >= 0.3 is 5.97 Å². The van der Waals surface area contributed by atoms with Gasteiger partial charge in [0.15, 0.2) is 11.9 Å². The van der Waals surface area contributed by atoms with Crippen molar-refractivity contribution in [3.8, 4) is 0 Å². The van der Waals surface area contributed by atoms with Gasteiger partial charge in [0.1, 0.15) is 5.82 Å². The molecule has 0 aliphatic heterocycles. The molecule has 0 N–H and O–H groups in total. The predicted molar refractivity (Wildman–Crippen MR) is 69.0 cm³/mol. The van der Waals surface area contributed by atoms with Crippen LogP contribution >= 0.6 is 0 Å². The highest BCUT2D eigenvalue weighted by molar-refractivity contribution is 5.87. The van der Waals surface area contributed by atoms with Crippen LogP contribution in [-0.2, 0) is 9.53 Å². The van der Waals surface area contributed by atoms with Crippen LogP contribution in [0.1, 0.15) is 30.3 Å². The predicted octanol–water partition coefficient (Wildman–Crippen LogP) is 2.83. The normalized spacial score (nSPS) is 12.6. The highest BCUT2D eigenvalue weighted by Crippen LogP contribution is 2.14. The Kier molecular flexibility index (Phi) is 4.24. The largest absolute Gasteiger partial charge is 0.449 e. The molecule has 0 saturated heterocycles. The van der Waals surface area contributed by atoms with Crippen LogP contribution in [0, 0.1) is 12.7 Å². The van der Waals surface area contributed by atoms with E-state index in [1.165, 1.54) is 24.3 Å². The number of ether oxygens (including phenoxy) is 1. The first-order valence-corrected chi connectivity index (χ1v) is 5.99. The van der Waals surface area contributed by atoms with Gasteiger partial charge in [-0.3, -0.25) is 0 Å². The third kappa shape index (κ3) is 3.74. The van der Waals surface area contributed by atoms with Crippen molar-refractivity contribution < 1.29 is 18.4 Å². The van der Waals surface area contributed by atoms with Crippen LogP contribution in [0.2, 0.25) is 0 Å². The fourth-order valence-electron chi connectivity index (χ4n) is 1.48. The standard InChI is InChI=1S/C14H13FN2O3/c1-9(14-16-10(2)17-20-14)19-13(18)8-5-11-3-6-12(15)7-4-11/h3-9H,1-2H3/b8-5+. The van der Waals surface area contributed by atoms with Gasteiger partial charge in [-0.15, -0.1) is 0 Å². The number of benzene rings is 1. The Morgan fingerprint density at radius 2 is 2.10 bits per heavy atom. The van der Waals surface area contributed by atoms with Crippen LogP contribution < -0.4 is 0 Å². The van der Waals surface area contributed by atoms with Gasteiger partial charge in [-0.05, 0) is 37.6 Å². The van der Waals surface area contributed by atoms with Gasteiger partial charge in [0.2, 0.25) is 0 Å². The lowest BCUT2D eigenvalue weighted by Gasteiger charge is -2.06. The first-order chi connectivity index (χ1) is 9.54. The van der Waals surface area contributed by atoms with Crippen LogP contribution in [0.15, 0.2) is 34.9 Å². The molecule has 0 bridgehead atoms. The number of halogens is 1. The van der Waals surface area contributed by atoms with Crippen molar-refractivity contribution in [1.29, 1.82) is 0 Å². The summed E-state index contributed by atoms with van der Waals surface area (Å²) in [6, 6.07) is 5.75. The third-order valence-corrected chi connectivity index (χ3v) is 2.47. The average Bonchev–Trinajstić information content (AvgIpc) is 2.85. The lowest BCUT2D eigenvalue weighted by Crippen LogP contribution is -2.06. The molecule has 20 heavy (non-hydrogen) atoms. The van der Waals surface area contributed by atoms with Gasteiger partial charge in [-0.1, -0.05) is 17.3 Å². The fourth-order valence-corrected chi connectivity index (χ4v) is 1.48. The number of hydrogen-bond acceptors (Lipinski definition) is 5. The second-order valence-corrected chi connectivity index (χ2v) is 4.14. The zero-order valence-corrected chi connectivity index (χ0v) is 11.0. The molecule has 0 aliphatic carbocycles. The van der Waals surface area contributed by atoms with Gasteiger partial charge in [-0.2, -0.15) is 4.98 Å². The second-order valence-electron chi connectivity index (χ2n) is 4.14. The highest BCUT2D eigenvalue weighted by Gasteiger charge is 2.16. The van der Waals surface area contributed by atoms with Crippen LogP contribution in [-0.4, -0.2) is 16.1 Å². The van der Waals surface area contributed by atoms with Crippen molar-refractivity contribution >= 4 is 12.0 Å². The smallest absolute Gasteiger partial charge is 0.331 e. The average molecular weight is 276 g/mol. The molecule has 0 aliphatic rings. The first-order valence-electron chi connectivity index (χ1n) is 5.99. The number of rotatable bonds is 4. The maximum atomic E-state index is 12.7. The van der Waals surface area contributed by atoms with Gasteiger partial charge in [-0.25, -0.2) is 9.18 Å². The second kappa shape index (κ2) is 6.10. The number of esters is 1. The van der Waals surface area contributed by atoms with Crippen LogP contribution in [0.4, 0.5) is 4.39 Å². The molecule has 0 fully saturated rings. The maximum absolute atomic E-state index is 12.7. The molecule has 1 aromatic carbocycles. The van der Waals surface area contributed by atoms with E-state index < -0.39 is 12.1 Å². The molecule has 0 amide bonds. The number of carbonyl (C=O) groups is 1. The molecule has 2 aromatic rings. The molecular weight excluding hydrogens is 263 g/mol. The molecule has 2 rings (SSSR count). The minimum Gasteiger partial charge on any atom is -0.449 e. The van der Waals surface area contributed by atoms with Crippen LogP contribution in [0.3, 0.4) is 0 Å². The Morgan fingerprint density at radius 3 is 2.70 bits per heavy atom. The summed E-state index contributed by atoms with van der Waals surface area (Å²) in [5, 5.41) is 3.62. The molecule has 6 heteroatoms. The summed E-state index contributed by atoms with van der Waals surface area (Å²) in [6.45, 7) is 3.31. The molecule has 0 radical (unpaired) electrons. The van der Waals surface area contributed by atoms with Crippen molar-refractivity contribution in [2.24, 2.45) is 0 Å². The highest BCUT2D eigenvalue weighted by atomic mass is 19.1. The lowest BCUT2D eigenvalue weighted by molar-refractivity contribution is -0.143. The van der Waals surface area contributed by atoms with Gasteiger partial charge in [0.25, 0.3) is 5.89 Å². The quantitative estimate of drug-likeness (QED) is 0.634. The zero-order valence-electron chi connectivity index (χ0n) is 11.0. The number of aromatic nitrogens is 2. The summed E-state index contributed by atoms with van der Waals surface area (Å²) in [7, 11) is 0. The minimum absolute atomic E-state index is 0.242. The van der Waals surface area contributed by atoms with Gasteiger partial charge in [0.05, 0.1) is 0 Å². The van der Waals surface area contributed by atoms with Crippen molar-refractivity contribution in [2.75, 3.05) is 0 Å². The Balaban J connectivity index is 1.93. The summed E-state index contributed by atoms with van der Waals surface area (Å²) >= 11 is 0. The SMILES string of the molecule is Cc1noc(C(C)OC(=O)/C=C/c2ccc(F)cc2)n1. The molecule has 1 aromatic heterocycles. The monoisotopic (exact) mass is 276 g/mol. The molecule has 104 valence electrons. The number of aryl methyl sites for hydroxylation is 1. The van der Waals surface area contributed by atoms with E-state index in [1.54, 1.807) is 26.0 Å². The van der Waals surface area contributed by atoms with Crippen molar-refractivity contribution in [2.45, 2.75) is 20.0 Å². The number of carbonyl (C=O) groups excluding carboxylic acids is 1. The van der Waals surface area contributed by atoms with E-state index in [0.717, 1.165) is 0 Å². The van der Waals surface area contributed by atoms with E-state index in [2.05, 4.69) is 10.1 Å². The Morgan fingerprint density at radius 1 is 1.40 bits per heavy atom. The lowest BCUT2D eigenvalue weighted by atomic mass is 10.2. The molecular formula is C14H13FN2O3. The molecule has 1 heterocycles. The Labute approximate surface area is 115 Å². The summed E-state index contributed by atoms with van der Waals surface area (Å²) in [5.41, 5.74) is 0.699. The van der Waals surface area contributed by atoms with Crippen molar-refractivity contribution in [3.05, 3.63) is 53.4 Å². The van der Waals surface area contributed by atoms with Crippen LogP contribution in [0.25, 0.3) is 6.08 Å². The summed E-state index contributed by atoms with van der Waals surface area (Å²) in [5.74, 6) is -0.154. The topological polar surface area (TPSA) is 65.2 Å². The van der Waals surface area contributed by atoms with E-state index in [0.29, 0.717) is 11.4 Å². The van der Waals surface area contributed by atoms with Gasteiger partial charge in [0, 0.05) is 6.08 Å². The molecule has 1 unspecified atom stereocenters. The Bertz CT molecular complexity index is 620. The molecule has 5 nitrogen and oxygen atoms in total. The van der Waals surface area contributed by atoms with E-state index >= 15 is 0 Å². The van der Waals surface area contributed by atoms with Crippen molar-refractivity contribution in [3.63, 3.8) is 0 Å². The zero-order chi connectivity index (χ0) is 14.5. The molecule has 0 spiro atoms.